The second kappa shape index (κ2) is 6.43. The molecule has 5 rings (SSSR count). The highest BCUT2D eigenvalue weighted by molar-refractivity contribution is 8.18. The quantitative estimate of drug-likeness (QED) is 0.605. The number of hydrogen-bond acceptors (Lipinski definition) is 4. The summed E-state index contributed by atoms with van der Waals surface area (Å²) < 4.78 is 14.9. The molecule has 5 nitrogen and oxygen atoms in total. The third kappa shape index (κ3) is 2.79. The van der Waals surface area contributed by atoms with Gasteiger partial charge in [-0.2, -0.15) is 0 Å². The van der Waals surface area contributed by atoms with Crippen molar-refractivity contribution in [3.8, 4) is 0 Å². The van der Waals surface area contributed by atoms with E-state index in [1.807, 2.05) is 45.0 Å². The third-order valence-electron chi connectivity index (χ3n) is 6.32. The number of thioether (sulfide) groups is 1. The van der Waals surface area contributed by atoms with Gasteiger partial charge in [-0.3, -0.25) is 15.0 Å². The molecule has 1 unspecified atom stereocenters. The maximum Gasteiger partial charge on any atom is 0.264 e. The van der Waals surface area contributed by atoms with Crippen molar-refractivity contribution in [1.29, 1.82) is 5.41 Å². The van der Waals surface area contributed by atoms with Gasteiger partial charge in [-0.25, -0.2) is 4.39 Å². The molecule has 1 saturated heterocycles. The summed E-state index contributed by atoms with van der Waals surface area (Å²) in [6.45, 7) is 6.01. The van der Waals surface area contributed by atoms with Gasteiger partial charge in [0.1, 0.15) is 5.82 Å². The lowest BCUT2D eigenvalue weighted by atomic mass is 9.65. The number of carbonyl (C=O) groups is 2. The number of carbonyl (C=O) groups excluding carboxylic acids is 2. The Morgan fingerprint density at radius 2 is 1.84 bits per heavy atom. The van der Waals surface area contributed by atoms with Crippen molar-refractivity contribution in [2.75, 3.05) is 4.90 Å². The van der Waals surface area contributed by atoms with Gasteiger partial charge >= 0.3 is 0 Å². The van der Waals surface area contributed by atoms with E-state index in [0.29, 0.717) is 28.3 Å². The van der Waals surface area contributed by atoms with E-state index in [1.165, 1.54) is 12.1 Å². The first-order valence-corrected chi connectivity index (χ1v) is 11.0. The number of amidine groups is 1. The van der Waals surface area contributed by atoms with Crippen molar-refractivity contribution < 1.29 is 14.0 Å². The van der Waals surface area contributed by atoms with Gasteiger partial charge in [0.25, 0.3) is 11.8 Å². The average Bonchev–Trinajstić information content (AvgIpc) is 3.15. The molecule has 2 N–H and O–H groups in total. The van der Waals surface area contributed by atoms with Gasteiger partial charge in [0.2, 0.25) is 0 Å². The van der Waals surface area contributed by atoms with Crippen LogP contribution in [0.25, 0.3) is 5.57 Å². The highest BCUT2D eigenvalue weighted by Crippen LogP contribution is 2.57. The number of nitrogens with zero attached hydrogens (tertiary/aromatic N) is 1. The van der Waals surface area contributed by atoms with Gasteiger partial charge < -0.3 is 10.2 Å². The average molecular weight is 456 g/mol. The zero-order chi connectivity index (χ0) is 22.3. The molecule has 1 atom stereocenters. The SMILES string of the molecule is CC1(c2ccc(Cl)cc2)CC(C)(C)N2C(=O)C(=C3SC(=N)NC3=O)c3cc(F)cc1c32. The molecule has 3 aliphatic rings. The molecular weight excluding hydrogens is 437 g/mol. The van der Waals surface area contributed by atoms with E-state index in [1.54, 1.807) is 4.90 Å². The molecule has 0 spiro atoms. The first-order chi connectivity index (χ1) is 14.5. The summed E-state index contributed by atoms with van der Waals surface area (Å²) in [7, 11) is 0. The monoisotopic (exact) mass is 455 g/mol. The van der Waals surface area contributed by atoms with Crippen LogP contribution in [0.3, 0.4) is 0 Å². The molecule has 2 aromatic carbocycles. The number of rotatable bonds is 1. The minimum Gasteiger partial charge on any atom is -0.302 e. The molecule has 2 amide bonds. The third-order valence-corrected chi connectivity index (χ3v) is 7.47. The molecule has 3 heterocycles. The second-order valence-electron chi connectivity index (χ2n) is 8.91. The summed E-state index contributed by atoms with van der Waals surface area (Å²) in [6, 6.07) is 10.3. The summed E-state index contributed by atoms with van der Waals surface area (Å²) in [5.74, 6) is -1.31. The Labute approximate surface area is 188 Å². The first-order valence-electron chi connectivity index (χ1n) is 9.80. The highest BCUT2D eigenvalue weighted by atomic mass is 35.5. The van der Waals surface area contributed by atoms with Crippen molar-refractivity contribution in [1.82, 2.24) is 5.32 Å². The molecule has 31 heavy (non-hydrogen) atoms. The normalized spacial score (nSPS) is 26.4. The molecule has 1 fully saturated rings. The van der Waals surface area contributed by atoms with Crippen LogP contribution in [0, 0.1) is 11.2 Å². The van der Waals surface area contributed by atoms with Crippen molar-refractivity contribution in [3.05, 3.63) is 68.8 Å². The largest absolute Gasteiger partial charge is 0.302 e. The number of amides is 2. The molecule has 0 bridgehead atoms. The molecule has 8 heteroatoms. The Kier molecular flexibility index (Phi) is 4.21. The maximum atomic E-state index is 14.9. The summed E-state index contributed by atoms with van der Waals surface area (Å²) in [6.07, 6.45) is 0.557. The number of nitrogens with one attached hydrogen (secondary N) is 2. The van der Waals surface area contributed by atoms with E-state index in [-0.39, 0.29) is 21.6 Å². The fourth-order valence-electron chi connectivity index (χ4n) is 5.19. The minimum absolute atomic E-state index is 0.0444. The Bertz CT molecular complexity index is 1240. The maximum absolute atomic E-state index is 14.9. The summed E-state index contributed by atoms with van der Waals surface area (Å²) in [4.78, 5) is 27.9. The van der Waals surface area contributed by atoms with Crippen LogP contribution in [0.4, 0.5) is 10.1 Å². The lowest BCUT2D eigenvalue weighted by Gasteiger charge is -2.49. The lowest BCUT2D eigenvalue weighted by molar-refractivity contribution is -0.116. The summed E-state index contributed by atoms with van der Waals surface area (Å²) >= 11 is 6.99. The Balaban J connectivity index is 1.84. The second-order valence-corrected chi connectivity index (χ2v) is 10.4. The zero-order valence-electron chi connectivity index (χ0n) is 17.1. The van der Waals surface area contributed by atoms with Crippen LogP contribution < -0.4 is 10.2 Å². The first kappa shape index (κ1) is 20.3. The van der Waals surface area contributed by atoms with Crippen LogP contribution in [0.2, 0.25) is 5.02 Å². The van der Waals surface area contributed by atoms with E-state index in [2.05, 4.69) is 5.32 Å². The molecule has 0 aliphatic carbocycles. The van der Waals surface area contributed by atoms with Crippen molar-refractivity contribution in [3.63, 3.8) is 0 Å². The van der Waals surface area contributed by atoms with Crippen molar-refractivity contribution in [2.24, 2.45) is 0 Å². The standard InChI is InChI=1S/C23H19ClFN3O2S/c1-22(2)10-23(3,11-4-6-12(24)7-5-11)15-9-13(25)8-14-16(20(30)28(22)17(14)15)18-19(29)27-21(26)31-18/h4-9H,10H2,1-3H3,(H2,26,27,29). The molecule has 158 valence electrons. The van der Waals surface area contributed by atoms with Gasteiger partial charge in [0.05, 0.1) is 16.2 Å². The fourth-order valence-corrected chi connectivity index (χ4v) is 6.11. The molecule has 0 radical (unpaired) electrons. The molecular formula is C23H19ClFN3O2S. The summed E-state index contributed by atoms with van der Waals surface area (Å²) in [5, 5.41) is 10.8. The van der Waals surface area contributed by atoms with Gasteiger partial charge in [-0.15, -0.1) is 0 Å². The Hall–Kier alpha value is -2.64. The van der Waals surface area contributed by atoms with E-state index in [9.17, 15) is 14.0 Å². The van der Waals surface area contributed by atoms with E-state index < -0.39 is 22.7 Å². The minimum atomic E-state index is -0.597. The van der Waals surface area contributed by atoms with E-state index in [4.69, 9.17) is 17.0 Å². The lowest BCUT2D eigenvalue weighted by Crippen LogP contribution is -2.54. The van der Waals surface area contributed by atoms with Gasteiger partial charge in [0.15, 0.2) is 5.17 Å². The van der Waals surface area contributed by atoms with Gasteiger partial charge in [0, 0.05) is 21.5 Å². The van der Waals surface area contributed by atoms with Crippen LogP contribution in [0.15, 0.2) is 41.3 Å². The molecule has 3 aliphatic heterocycles. The van der Waals surface area contributed by atoms with Crippen LogP contribution in [0.5, 0.6) is 0 Å². The van der Waals surface area contributed by atoms with Gasteiger partial charge in [-0.1, -0.05) is 30.7 Å². The van der Waals surface area contributed by atoms with Gasteiger partial charge in [-0.05, 0) is 67.4 Å². The molecule has 0 saturated carbocycles. The van der Waals surface area contributed by atoms with Crippen molar-refractivity contribution in [2.45, 2.75) is 38.1 Å². The Morgan fingerprint density at radius 1 is 1.16 bits per heavy atom. The Morgan fingerprint density at radius 3 is 2.45 bits per heavy atom. The topological polar surface area (TPSA) is 73.3 Å². The summed E-state index contributed by atoms with van der Waals surface area (Å²) in [5.41, 5.74) is 1.70. The van der Waals surface area contributed by atoms with Crippen LogP contribution >= 0.6 is 23.4 Å². The predicted octanol–water partition coefficient (Wildman–Crippen LogP) is 4.82. The number of halogens is 2. The number of hydrogen-bond donors (Lipinski definition) is 2. The van der Waals surface area contributed by atoms with E-state index in [0.717, 1.165) is 17.3 Å². The van der Waals surface area contributed by atoms with Crippen molar-refractivity contribution >= 4 is 51.6 Å². The van der Waals surface area contributed by atoms with E-state index >= 15 is 0 Å². The van der Waals surface area contributed by atoms with Crippen LogP contribution in [-0.2, 0) is 15.0 Å². The van der Waals surface area contributed by atoms with Crippen LogP contribution in [-0.4, -0.2) is 22.5 Å². The highest BCUT2D eigenvalue weighted by Gasteiger charge is 2.54. The number of benzene rings is 2. The zero-order valence-corrected chi connectivity index (χ0v) is 18.7. The smallest absolute Gasteiger partial charge is 0.264 e. The molecule has 0 aromatic heterocycles. The van der Waals surface area contributed by atoms with Crippen LogP contribution in [0.1, 0.15) is 43.9 Å². The predicted molar refractivity (Wildman–Crippen MR) is 121 cm³/mol. The fraction of sp³-hybridized carbons (Fsp3) is 0.261. The number of anilines is 1. The molecule has 2 aromatic rings.